The van der Waals surface area contributed by atoms with E-state index in [1.807, 2.05) is 6.20 Å². The number of nitrogens with zero attached hydrogens (tertiary/aromatic N) is 3. The van der Waals surface area contributed by atoms with Crippen LogP contribution in [0.5, 0.6) is 0 Å². The highest BCUT2D eigenvalue weighted by Crippen LogP contribution is 2.50. The minimum absolute atomic E-state index is 0.0693. The van der Waals surface area contributed by atoms with Gasteiger partial charge in [-0.1, -0.05) is 115 Å². The van der Waals surface area contributed by atoms with Crippen LogP contribution in [-0.4, -0.2) is 16.3 Å². The second-order valence-electron chi connectivity index (χ2n) is 12.7. The standard InChI is InChI=1S/C43H26BN3O/c1-4-14-27(15-5-1)37-32-26-36-39-38(43(32)48-42(37)28-16-6-2-7-17-28)40-41-31(24-25-45-40)30-20-10-12-22-34(30)47(41)44(39)33-21-11-13-23-35(33)46(36)29-18-8-3-9-19-29/h1-26H. The number of fused-ring (bicyclic) bond motifs is 9. The van der Waals surface area contributed by atoms with Crippen LogP contribution in [0.2, 0.25) is 0 Å². The summed E-state index contributed by atoms with van der Waals surface area (Å²) in [4.78, 5) is 7.63. The highest BCUT2D eigenvalue weighted by molar-refractivity contribution is 6.90. The summed E-state index contributed by atoms with van der Waals surface area (Å²) in [5.41, 5.74) is 14.4. The van der Waals surface area contributed by atoms with Crippen molar-refractivity contribution >= 4 is 67.6 Å². The van der Waals surface area contributed by atoms with Crippen molar-refractivity contribution in [2.24, 2.45) is 0 Å². The van der Waals surface area contributed by atoms with Crippen LogP contribution < -0.4 is 15.8 Å². The summed E-state index contributed by atoms with van der Waals surface area (Å²) in [5.74, 6) is 0.869. The summed E-state index contributed by atoms with van der Waals surface area (Å²) in [6.45, 7) is -0.0693. The van der Waals surface area contributed by atoms with Gasteiger partial charge < -0.3 is 13.8 Å². The molecule has 0 spiro atoms. The van der Waals surface area contributed by atoms with Crippen molar-refractivity contribution in [3.63, 3.8) is 0 Å². The number of aromatic nitrogens is 2. The minimum atomic E-state index is -0.0693. The average molecular weight is 612 g/mol. The van der Waals surface area contributed by atoms with Gasteiger partial charge in [0.15, 0.2) is 0 Å². The Balaban J connectivity index is 1.38. The first-order chi connectivity index (χ1) is 23.9. The molecular formula is C43H26BN3O. The third-order valence-corrected chi connectivity index (χ3v) is 10.2. The average Bonchev–Trinajstić information content (AvgIpc) is 3.71. The molecule has 2 aliphatic heterocycles. The molecule has 4 nitrogen and oxygen atoms in total. The largest absolute Gasteiger partial charge is 0.455 e. The molecule has 48 heavy (non-hydrogen) atoms. The lowest BCUT2D eigenvalue weighted by atomic mass is 9.45. The van der Waals surface area contributed by atoms with Crippen LogP contribution in [0.3, 0.4) is 0 Å². The molecule has 9 aromatic rings. The smallest absolute Gasteiger partial charge is 0.333 e. The van der Waals surface area contributed by atoms with Crippen molar-refractivity contribution < 1.29 is 4.42 Å². The molecule has 222 valence electrons. The van der Waals surface area contributed by atoms with Crippen LogP contribution in [0, 0.1) is 0 Å². The van der Waals surface area contributed by atoms with Crippen LogP contribution in [-0.2, 0) is 0 Å². The summed E-state index contributed by atoms with van der Waals surface area (Å²) in [6.07, 6.45) is 1.96. The van der Waals surface area contributed by atoms with Gasteiger partial charge in [-0.15, -0.1) is 0 Å². The van der Waals surface area contributed by atoms with Gasteiger partial charge in [-0.3, -0.25) is 4.98 Å². The Morgan fingerprint density at radius 3 is 2.06 bits per heavy atom. The van der Waals surface area contributed by atoms with E-state index in [0.717, 1.165) is 61.6 Å². The molecule has 0 atom stereocenters. The van der Waals surface area contributed by atoms with E-state index in [1.165, 1.54) is 32.9 Å². The molecule has 3 aromatic heterocycles. The Kier molecular flexibility index (Phi) is 5.16. The van der Waals surface area contributed by atoms with Crippen LogP contribution in [0.1, 0.15) is 0 Å². The highest BCUT2D eigenvalue weighted by Gasteiger charge is 2.45. The van der Waals surface area contributed by atoms with E-state index in [4.69, 9.17) is 9.40 Å². The van der Waals surface area contributed by atoms with E-state index in [-0.39, 0.29) is 6.85 Å². The Morgan fingerprint density at radius 1 is 0.562 bits per heavy atom. The number of furan rings is 1. The Labute approximate surface area is 277 Å². The van der Waals surface area contributed by atoms with Crippen molar-refractivity contribution in [2.75, 3.05) is 4.90 Å². The van der Waals surface area contributed by atoms with Crippen molar-refractivity contribution in [3.05, 3.63) is 158 Å². The summed E-state index contributed by atoms with van der Waals surface area (Å²) >= 11 is 0. The molecule has 0 saturated heterocycles. The second kappa shape index (κ2) is 9.60. The summed E-state index contributed by atoms with van der Waals surface area (Å²) in [7, 11) is 0. The van der Waals surface area contributed by atoms with Crippen molar-refractivity contribution in [1.29, 1.82) is 0 Å². The molecule has 5 heterocycles. The Morgan fingerprint density at radius 2 is 1.25 bits per heavy atom. The second-order valence-corrected chi connectivity index (χ2v) is 12.7. The SMILES string of the molecule is c1ccc(-c2oc3c4c5c(cc3c2-c2ccccc2)N(c2ccccc2)c2ccccc2B5n2c3ccccc3c3ccnc-4c32)cc1. The quantitative estimate of drug-likeness (QED) is 0.187. The van der Waals surface area contributed by atoms with E-state index in [1.54, 1.807) is 0 Å². The minimum Gasteiger partial charge on any atom is -0.455 e. The lowest BCUT2D eigenvalue weighted by molar-refractivity contribution is 0.633. The topological polar surface area (TPSA) is 34.2 Å². The van der Waals surface area contributed by atoms with Gasteiger partial charge in [0.1, 0.15) is 11.3 Å². The molecule has 0 radical (unpaired) electrons. The fourth-order valence-corrected chi connectivity index (χ4v) is 8.34. The fraction of sp³-hybridized carbons (Fsp3) is 0. The van der Waals surface area contributed by atoms with Crippen LogP contribution in [0.4, 0.5) is 17.1 Å². The van der Waals surface area contributed by atoms with Gasteiger partial charge in [0.2, 0.25) is 0 Å². The van der Waals surface area contributed by atoms with Crippen LogP contribution >= 0.6 is 0 Å². The first kappa shape index (κ1) is 25.8. The van der Waals surface area contributed by atoms with Crippen LogP contribution in [0.15, 0.2) is 162 Å². The van der Waals surface area contributed by atoms with Crippen molar-refractivity contribution in [2.45, 2.75) is 0 Å². The lowest BCUT2D eigenvalue weighted by Crippen LogP contribution is -2.56. The monoisotopic (exact) mass is 611 g/mol. The molecular weight excluding hydrogens is 585 g/mol. The number of rotatable bonds is 3. The molecule has 0 bridgehead atoms. The zero-order valence-electron chi connectivity index (χ0n) is 25.8. The number of para-hydroxylation sites is 3. The fourth-order valence-electron chi connectivity index (χ4n) is 8.34. The van der Waals surface area contributed by atoms with E-state index >= 15 is 0 Å². The van der Waals surface area contributed by atoms with E-state index in [2.05, 4.69) is 161 Å². The molecule has 0 unspecified atom stereocenters. The number of hydrogen-bond acceptors (Lipinski definition) is 3. The van der Waals surface area contributed by atoms with Gasteiger partial charge in [0, 0.05) is 61.6 Å². The molecule has 0 fully saturated rings. The van der Waals surface area contributed by atoms with Gasteiger partial charge in [-0.05, 0) is 52.9 Å². The van der Waals surface area contributed by atoms with Crippen molar-refractivity contribution in [1.82, 2.24) is 9.46 Å². The summed E-state index contributed by atoms with van der Waals surface area (Å²) in [6, 6.07) is 54.1. The maximum Gasteiger partial charge on any atom is 0.333 e. The van der Waals surface area contributed by atoms with E-state index in [9.17, 15) is 0 Å². The summed E-state index contributed by atoms with van der Waals surface area (Å²) < 4.78 is 9.72. The predicted octanol–water partition coefficient (Wildman–Crippen LogP) is 9.69. The van der Waals surface area contributed by atoms with Gasteiger partial charge in [-0.2, -0.15) is 0 Å². The van der Waals surface area contributed by atoms with Crippen molar-refractivity contribution in [3.8, 4) is 33.7 Å². The molecule has 2 aliphatic rings. The van der Waals surface area contributed by atoms with Gasteiger partial charge in [-0.25, -0.2) is 0 Å². The number of pyridine rings is 1. The molecule has 5 heteroatoms. The molecule has 0 N–H and O–H groups in total. The van der Waals surface area contributed by atoms with Gasteiger partial charge in [0.25, 0.3) is 0 Å². The molecule has 11 rings (SSSR count). The van der Waals surface area contributed by atoms with E-state index in [0.29, 0.717) is 0 Å². The highest BCUT2D eigenvalue weighted by atomic mass is 16.3. The zero-order chi connectivity index (χ0) is 31.3. The first-order valence-corrected chi connectivity index (χ1v) is 16.4. The Bertz CT molecular complexity index is 2730. The third-order valence-electron chi connectivity index (χ3n) is 10.2. The molecule has 0 saturated carbocycles. The first-order valence-electron chi connectivity index (χ1n) is 16.4. The van der Waals surface area contributed by atoms with Gasteiger partial charge in [0.05, 0.1) is 11.2 Å². The Hall–Kier alpha value is -6.33. The lowest BCUT2D eigenvalue weighted by Gasteiger charge is -2.40. The normalized spacial score (nSPS) is 12.9. The molecule has 0 amide bonds. The number of hydrogen-bond donors (Lipinski definition) is 0. The number of anilines is 3. The molecule has 0 aliphatic carbocycles. The zero-order valence-corrected chi connectivity index (χ0v) is 25.8. The third kappa shape index (κ3) is 3.32. The van der Waals surface area contributed by atoms with Gasteiger partial charge >= 0.3 is 6.85 Å². The number of benzene rings is 6. The summed E-state index contributed by atoms with van der Waals surface area (Å²) in [5, 5.41) is 3.52. The maximum atomic E-state index is 7.19. The van der Waals surface area contributed by atoms with Crippen LogP contribution in [0.25, 0.3) is 66.5 Å². The predicted molar refractivity (Wildman–Crippen MR) is 198 cm³/mol. The molecule has 6 aromatic carbocycles. The van der Waals surface area contributed by atoms with E-state index < -0.39 is 0 Å². The maximum absolute atomic E-state index is 7.19.